The first-order chi connectivity index (χ1) is 11.1. The van der Waals surface area contributed by atoms with Gasteiger partial charge in [-0.25, -0.2) is 0 Å². The summed E-state index contributed by atoms with van der Waals surface area (Å²) in [6, 6.07) is 2.49. The summed E-state index contributed by atoms with van der Waals surface area (Å²) in [5, 5.41) is 11.6. The zero-order valence-corrected chi connectivity index (χ0v) is 14.3. The lowest BCUT2D eigenvalue weighted by atomic mass is 10.1. The van der Waals surface area contributed by atoms with Crippen molar-refractivity contribution >= 4 is 23.2 Å². The number of carbonyl (C=O) groups excluding carboxylic acids is 1. The molecule has 0 bridgehead atoms. The van der Waals surface area contributed by atoms with E-state index in [0.717, 1.165) is 12.1 Å². The van der Waals surface area contributed by atoms with E-state index in [4.69, 9.17) is 16.3 Å². The van der Waals surface area contributed by atoms with Crippen LogP contribution in [0.4, 0.5) is 18.9 Å². The van der Waals surface area contributed by atoms with E-state index in [9.17, 15) is 23.1 Å². The predicted octanol–water partition coefficient (Wildman–Crippen LogP) is 2.62. The van der Waals surface area contributed by atoms with Crippen molar-refractivity contribution in [3.05, 3.63) is 28.8 Å². The first-order valence-electron chi connectivity index (χ1n) is 7.11. The molecule has 0 aliphatic carbocycles. The highest BCUT2D eigenvalue weighted by atomic mass is 35.5. The Bertz CT molecular complexity index is 569. The van der Waals surface area contributed by atoms with E-state index in [1.165, 1.54) is 13.2 Å². The van der Waals surface area contributed by atoms with Crippen LogP contribution in [0.15, 0.2) is 18.2 Å². The summed E-state index contributed by atoms with van der Waals surface area (Å²) in [6.45, 7) is 1.87. The molecule has 24 heavy (non-hydrogen) atoms. The van der Waals surface area contributed by atoms with E-state index in [2.05, 4.69) is 5.32 Å². The molecule has 2 unspecified atom stereocenters. The first kappa shape index (κ1) is 20.7. The second-order valence-corrected chi connectivity index (χ2v) is 5.81. The molecule has 0 saturated carbocycles. The average molecular weight is 369 g/mol. The lowest BCUT2D eigenvalue weighted by molar-refractivity contribution is -0.137. The van der Waals surface area contributed by atoms with E-state index in [1.807, 2.05) is 0 Å². The Morgan fingerprint density at radius 2 is 2.08 bits per heavy atom. The monoisotopic (exact) mass is 368 g/mol. The summed E-state index contributed by atoms with van der Waals surface area (Å²) in [5.41, 5.74) is -1.02. The van der Waals surface area contributed by atoms with Crippen LogP contribution < -0.4 is 5.32 Å². The number of benzene rings is 1. The number of halogens is 4. The maximum absolute atomic E-state index is 12.8. The topological polar surface area (TPSA) is 61.8 Å². The molecule has 0 spiro atoms. The molecule has 1 amide bonds. The molecule has 136 valence electrons. The molecule has 1 aromatic rings. The van der Waals surface area contributed by atoms with Crippen LogP contribution in [0.25, 0.3) is 0 Å². The van der Waals surface area contributed by atoms with E-state index >= 15 is 0 Å². The average Bonchev–Trinajstić information content (AvgIpc) is 2.47. The van der Waals surface area contributed by atoms with Crippen LogP contribution in [0.3, 0.4) is 0 Å². The Hall–Kier alpha value is -1.35. The van der Waals surface area contributed by atoms with Crippen LogP contribution in [0, 0.1) is 0 Å². The lowest BCUT2D eigenvalue weighted by Gasteiger charge is -2.26. The number of likely N-dealkylation sites (N-methyl/N-ethyl adjacent to an activating group) is 1. The van der Waals surface area contributed by atoms with Gasteiger partial charge in [0.15, 0.2) is 0 Å². The van der Waals surface area contributed by atoms with Gasteiger partial charge in [0, 0.05) is 19.3 Å². The molecule has 9 heteroatoms. The minimum Gasteiger partial charge on any atom is -0.389 e. The smallest absolute Gasteiger partial charge is 0.389 e. The van der Waals surface area contributed by atoms with Crippen molar-refractivity contribution in [2.24, 2.45) is 0 Å². The van der Waals surface area contributed by atoms with Crippen LogP contribution in [0.5, 0.6) is 0 Å². The Kier molecular flexibility index (Phi) is 7.47. The Balaban J connectivity index is 2.77. The number of nitrogens with one attached hydrogen (secondary N) is 1. The molecule has 0 aromatic heterocycles. The van der Waals surface area contributed by atoms with Crippen LogP contribution in [-0.4, -0.2) is 55.4 Å². The van der Waals surface area contributed by atoms with E-state index in [-0.39, 0.29) is 18.8 Å². The van der Waals surface area contributed by atoms with Gasteiger partial charge in [-0.3, -0.25) is 9.69 Å². The summed E-state index contributed by atoms with van der Waals surface area (Å²) in [7, 11) is 3.06. The molecule has 1 aromatic carbocycles. The van der Waals surface area contributed by atoms with E-state index < -0.39 is 34.8 Å². The molecule has 0 aliphatic heterocycles. The second-order valence-electron chi connectivity index (χ2n) is 5.41. The van der Waals surface area contributed by atoms with Gasteiger partial charge in [0.1, 0.15) is 0 Å². The summed E-state index contributed by atoms with van der Waals surface area (Å²) in [4.78, 5) is 13.7. The number of amides is 1. The van der Waals surface area contributed by atoms with Crippen LogP contribution >= 0.6 is 11.6 Å². The minimum atomic E-state index is -4.61. The first-order valence-corrected chi connectivity index (χ1v) is 7.49. The van der Waals surface area contributed by atoms with Gasteiger partial charge >= 0.3 is 6.18 Å². The number of nitrogens with zero attached hydrogens (tertiary/aromatic N) is 1. The molecular formula is C15H20ClF3N2O3. The second kappa shape index (κ2) is 8.66. The van der Waals surface area contributed by atoms with Gasteiger partial charge in [-0.1, -0.05) is 11.6 Å². The SMILES string of the molecule is COCC(O)CN(C)C(C)C(=O)Nc1ccc(Cl)c(C(F)(F)F)c1. The van der Waals surface area contributed by atoms with Crippen molar-refractivity contribution in [1.29, 1.82) is 0 Å². The van der Waals surface area contributed by atoms with Crippen molar-refractivity contribution in [2.75, 3.05) is 32.6 Å². The van der Waals surface area contributed by atoms with Gasteiger partial charge in [-0.2, -0.15) is 13.2 Å². The van der Waals surface area contributed by atoms with Gasteiger partial charge in [0.25, 0.3) is 0 Å². The summed E-state index contributed by atoms with van der Waals surface area (Å²) < 4.78 is 43.3. The largest absolute Gasteiger partial charge is 0.417 e. The third-order valence-corrected chi connectivity index (χ3v) is 3.77. The highest BCUT2D eigenvalue weighted by Crippen LogP contribution is 2.36. The van der Waals surface area contributed by atoms with Crippen molar-refractivity contribution in [1.82, 2.24) is 4.90 Å². The molecule has 2 atom stereocenters. The van der Waals surface area contributed by atoms with Crippen LogP contribution in [-0.2, 0) is 15.7 Å². The van der Waals surface area contributed by atoms with Crippen LogP contribution in [0.2, 0.25) is 5.02 Å². The number of aliphatic hydroxyl groups excluding tert-OH is 1. The summed E-state index contributed by atoms with van der Waals surface area (Å²) >= 11 is 5.54. The fourth-order valence-electron chi connectivity index (χ4n) is 2.00. The van der Waals surface area contributed by atoms with Gasteiger partial charge in [0.2, 0.25) is 5.91 Å². The van der Waals surface area contributed by atoms with Gasteiger partial charge in [-0.05, 0) is 32.2 Å². The molecule has 0 heterocycles. The third-order valence-electron chi connectivity index (χ3n) is 3.44. The molecule has 0 fully saturated rings. The molecule has 5 nitrogen and oxygen atoms in total. The van der Waals surface area contributed by atoms with Gasteiger partial charge in [0.05, 0.1) is 29.3 Å². The normalized spacial score (nSPS) is 14.5. The van der Waals surface area contributed by atoms with Crippen molar-refractivity contribution in [3.8, 4) is 0 Å². The number of carbonyl (C=O) groups is 1. The Morgan fingerprint density at radius 3 is 2.62 bits per heavy atom. The molecule has 0 radical (unpaired) electrons. The highest BCUT2D eigenvalue weighted by molar-refractivity contribution is 6.31. The third kappa shape index (κ3) is 5.94. The quantitative estimate of drug-likeness (QED) is 0.776. The lowest BCUT2D eigenvalue weighted by Crippen LogP contribution is -2.44. The zero-order valence-electron chi connectivity index (χ0n) is 13.5. The van der Waals surface area contributed by atoms with Crippen LogP contribution in [0.1, 0.15) is 12.5 Å². The minimum absolute atomic E-state index is 0.00517. The number of hydrogen-bond donors (Lipinski definition) is 2. The Morgan fingerprint density at radius 1 is 1.46 bits per heavy atom. The number of aliphatic hydroxyl groups is 1. The molecule has 0 aliphatic rings. The molecule has 0 saturated heterocycles. The van der Waals surface area contributed by atoms with Crippen molar-refractivity contribution in [2.45, 2.75) is 25.2 Å². The molecular weight excluding hydrogens is 349 g/mol. The number of anilines is 1. The van der Waals surface area contributed by atoms with Crippen molar-refractivity contribution in [3.63, 3.8) is 0 Å². The number of methoxy groups -OCH3 is 1. The number of rotatable bonds is 7. The molecule has 1 rings (SSSR count). The summed E-state index contributed by atoms with van der Waals surface area (Å²) in [6.07, 6.45) is -5.38. The van der Waals surface area contributed by atoms with Gasteiger partial charge in [-0.15, -0.1) is 0 Å². The zero-order chi connectivity index (χ0) is 18.5. The number of ether oxygens (including phenoxy) is 1. The van der Waals surface area contributed by atoms with Crippen molar-refractivity contribution < 1.29 is 27.8 Å². The maximum atomic E-state index is 12.8. The maximum Gasteiger partial charge on any atom is 0.417 e. The standard InChI is InChI=1S/C15H20ClF3N2O3/c1-9(21(2)7-11(22)8-24-3)14(23)20-10-4-5-13(16)12(6-10)15(17,18)19/h4-6,9,11,22H,7-8H2,1-3H3,(H,20,23). The van der Waals surface area contributed by atoms with Gasteiger partial charge < -0.3 is 15.2 Å². The Labute approximate surface area is 143 Å². The highest BCUT2D eigenvalue weighted by Gasteiger charge is 2.33. The van der Waals surface area contributed by atoms with E-state index in [0.29, 0.717) is 0 Å². The number of hydrogen-bond acceptors (Lipinski definition) is 4. The summed E-state index contributed by atoms with van der Waals surface area (Å²) in [5.74, 6) is -0.502. The fraction of sp³-hybridized carbons (Fsp3) is 0.533. The predicted molar refractivity (Wildman–Crippen MR) is 85.1 cm³/mol. The van der Waals surface area contributed by atoms with E-state index in [1.54, 1.807) is 18.9 Å². The fourth-order valence-corrected chi connectivity index (χ4v) is 2.23. The number of alkyl halides is 3. The molecule has 2 N–H and O–H groups in total.